The fraction of sp³-hybridized carbons (Fsp3) is 0.500. The van der Waals surface area contributed by atoms with Crippen LogP contribution in [0.25, 0.3) is 0 Å². The lowest BCUT2D eigenvalue weighted by Gasteiger charge is -2.17. The van der Waals surface area contributed by atoms with Crippen LogP contribution in [0.15, 0.2) is 18.2 Å². The van der Waals surface area contributed by atoms with E-state index in [0.717, 1.165) is 12.0 Å². The van der Waals surface area contributed by atoms with Gasteiger partial charge in [0.15, 0.2) is 0 Å². The summed E-state index contributed by atoms with van der Waals surface area (Å²) in [5.74, 6) is 5.91. The van der Waals surface area contributed by atoms with Crippen molar-refractivity contribution in [2.24, 2.45) is 11.8 Å². The van der Waals surface area contributed by atoms with Crippen LogP contribution < -0.4 is 16.6 Å². The number of amides is 1. The van der Waals surface area contributed by atoms with Gasteiger partial charge < -0.3 is 10.7 Å². The highest BCUT2D eigenvalue weighted by Gasteiger charge is 2.14. The number of rotatable bonds is 5. The molecule has 100 valence electrons. The van der Waals surface area contributed by atoms with Crippen molar-refractivity contribution in [3.63, 3.8) is 0 Å². The zero-order valence-electron chi connectivity index (χ0n) is 11.6. The van der Waals surface area contributed by atoms with Gasteiger partial charge in [-0.05, 0) is 43.9 Å². The summed E-state index contributed by atoms with van der Waals surface area (Å²) < 4.78 is 0. The van der Waals surface area contributed by atoms with Crippen molar-refractivity contribution < 1.29 is 4.79 Å². The second-order valence-corrected chi connectivity index (χ2v) is 5.20. The molecule has 0 fully saturated rings. The van der Waals surface area contributed by atoms with Gasteiger partial charge in [-0.2, -0.15) is 0 Å². The maximum Gasteiger partial charge on any atom is 0.253 e. The Hall–Kier alpha value is -1.55. The number of nitrogens with two attached hydrogens (primary N) is 1. The topological polar surface area (TPSA) is 67.2 Å². The number of benzene rings is 1. The second kappa shape index (κ2) is 6.40. The minimum atomic E-state index is -0.0869. The lowest BCUT2D eigenvalue weighted by Crippen LogP contribution is -2.34. The number of anilines is 1. The number of nitrogens with one attached hydrogen (secondary N) is 2. The van der Waals surface area contributed by atoms with Gasteiger partial charge in [0.1, 0.15) is 0 Å². The average molecular weight is 249 g/mol. The molecule has 0 spiro atoms. The number of carbonyl (C=O) groups excluding carboxylic acids is 1. The third-order valence-electron chi connectivity index (χ3n) is 2.78. The number of hydrogen-bond donors (Lipinski definition) is 3. The lowest BCUT2D eigenvalue weighted by atomic mass is 10.0. The van der Waals surface area contributed by atoms with E-state index < -0.39 is 0 Å². The van der Waals surface area contributed by atoms with E-state index in [1.165, 1.54) is 0 Å². The fourth-order valence-corrected chi connectivity index (χ4v) is 2.04. The molecule has 0 saturated carbocycles. The monoisotopic (exact) mass is 249 g/mol. The molecule has 0 aromatic heterocycles. The van der Waals surface area contributed by atoms with Gasteiger partial charge in [0, 0.05) is 6.04 Å². The van der Waals surface area contributed by atoms with Crippen molar-refractivity contribution in [3.8, 4) is 0 Å². The Balaban J connectivity index is 2.78. The van der Waals surface area contributed by atoms with Crippen molar-refractivity contribution in [2.75, 3.05) is 5.43 Å². The third-order valence-corrected chi connectivity index (χ3v) is 2.78. The van der Waals surface area contributed by atoms with Crippen LogP contribution in [0.1, 0.15) is 43.1 Å². The molecule has 1 aromatic carbocycles. The molecule has 0 saturated heterocycles. The van der Waals surface area contributed by atoms with Crippen LogP contribution in [0, 0.1) is 12.8 Å². The third kappa shape index (κ3) is 4.04. The Bertz CT molecular complexity index is 416. The van der Waals surface area contributed by atoms with Crippen molar-refractivity contribution >= 4 is 11.6 Å². The summed E-state index contributed by atoms with van der Waals surface area (Å²) in [5, 5.41) is 2.99. The van der Waals surface area contributed by atoms with Crippen molar-refractivity contribution in [1.29, 1.82) is 0 Å². The van der Waals surface area contributed by atoms with Crippen molar-refractivity contribution in [3.05, 3.63) is 29.3 Å². The quantitative estimate of drug-likeness (QED) is 0.554. The van der Waals surface area contributed by atoms with E-state index in [0.29, 0.717) is 17.2 Å². The van der Waals surface area contributed by atoms with Crippen LogP contribution in [-0.2, 0) is 0 Å². The first-order chi connectivity index (χ1) is 8.43. The minimum Gasteiger partial charge on any atom is -0.350 e. The molecule has 1 rings (SSSR count). The van der Waals surface area contributed by atoms with E-state index in [2.05, 4.69) is 24.6 Å². The lowest BCUT2D eigenvalue weighted by molar-refractivity contribution is 0.0937. The molecule has 4 N–H and O–H groups in total. The predicted octanol–water partition coefficient (Wildman–Crippen LogP) is 2.45. The smallest absolute Gasteiger partial charge is 0.253 e. The molecule has 0 aliphatic heterocycles. The Morgan fingerprint density at radius 2 is 2.00 bits per heavy atom. The van der Waals surface area contributed by atoms with E-state index in [1.54, 1.807) is 6.07 Å². The van der Waals surface area contributed by atoms with Gasteiger partial charge in [0.05, 0.1) is 11.3 Å². The number of hydrazine groups is 1. The van der Waals surface area contributed by atoms with E-state index in [9.17, 15) is 4.79 Å². The highest BCUT2D eigenvalue weighted by atomic mass is 16.1. The van der Waals surface area contributed by atoms with Crippen LogP contribution in [0.2, 0.25) is 0 Å². The molecule has 1 atom stereocenters. The SMILES string of the molecule is Cc1ccc(C(=O)NC(C)CC(C)C)c(NN)c1. The Morgan fingerprint density at radius 3 is 2.56 bits per heavy atom. The molecule has 0 bridgehead atoms. The molecule has 0 aliphatic carbocycles. The summed E-state index contributed by atoms with van der Waals surface area (Å²) >= 11 is 0. The first-order valence-electron chi connectivity index (χ1n) is 6.32. The van der Waals surface area contributed by atoms with Gasteiger partial charge in [-0.25, -0.2) is 0 Å². The first kappa shape index (κ1) is 14.5. The molecule has 0 aliphatic rings. The summed E-state index contributed by atoms with van der Waals surface area (Å²) in [5.41, 5.74) is 4.87. The number of nitrogen functional groups attached to an aromatic ring is 1. The maximum atomic E-state index is 12.1. The molecule has 1 amide bonds. The molecule has 0 radical (unpaired) electrons. The summed E-state index contributed by atoms with van der Waals surface area (Å²) in [6.45, 7) is 8.26. The number of carbonyl (C=O) groups is 1. The Morgan fingerprint density at radius 1 is 1.33 bits per heavy atom. The van der Waals surface area contributed by atoms with E-state index in [4.69, 9.17) is 5.84 Å². The minimum absolute atomic E-state index is 0.0869. The summed E-state index contributed by atoms with van der Waals surface area (Å²) in [7, 11) is 0. The highest BCUT2D eigenvalue weighted by molar-refractivity contribution is 5.99. The van der Waals surface area contributed by atoms with Crippen LogP contribution in [0.4, 0.5) is 5.69 Å². The summed E-state index contributed by atoms with van der Waals surface area (Å²) in [6, 6.07) is 5.72. The standard InChI is InChI=1S/C14H23N3O/c1-9(2)7-11(4)16-14(18)12-6-5-10(3)8-13(12)17-15/h5-6,8-9,11,17H,7,15H2,1-4H3,(H,16,18). The zero-order valence-corrected chi connectivity index (χ0v) is 11.6. The largest absolute Gasteiger partial charge is 0.350 e. The van der Waals surface area contributed by atoms with Crippen LogP contribution in [0.5, 0.6) is 0 Å². The van der Waals surface area contributed by atoms with Crippen molar-refractivity contribution in [2.45, 2.75) is 40.2 Å². The highest BCUT2D eigenvalue weighted by Crippen LogP contribution is 2.17. The van der Waals surface area contributed by atoms with Crippen LogP contribution in [-0.4, -0.2) is 11.9 Å². The fourth-order valence-electron chi connectivity index (χ4n) is 2.04. The van der Waals surface area contributed by atoms with Gasteiger partial charge >= 0.3 is 0 Å². The molecule has 4 nitrogen and oxygen atoms in total. The van der Waals surface area contributed by atoms with E-state index in [1.807, 2.05) is 26.0 Å². The Kier molecular flexibility index (Phi) is 5.16. The molecule has 1 aromatic rings. The van der Waals surface area contributed by atoms with Crippen molar-refractivity contribution in [1.82, 2.24) is 5.32 Å². The van der Waals surface area contributed by atoms with Crippen LogP contribution >= 0.6 is 0 Å². The van der Waals surface area contributed by atoms with Gasteiger partial charge in [-0.3, -0.25) is 10.6 Å². The van der Waals surface area contributed by atoms with Gasteiger partial charge in [0.2, 0.25) is 0 Å². The predicted molar refractivity (Wildman–Crippen MR) is 75.4 cm³/mol. The molecule has 4 heteroatoms. The average Bonchev–Trinajstić information content (AvgIpc) is 2.27. The normalized spacial score (nSPS) is 12.3. The summed E-state index contributed by atoms with van der Waals surface area (Å²) in [6.07, 6.45) is 0.961. The first-order valence-corrected chi connectivity index (χ1v) is 6.32. The van der Waals surface area contributed by atoms with Gasteiger partial charge in [-0.15, -0.1) is 0 Å². The Labute approximate surface area is 109 Å². The number of hydrogen-bond acceptors (Lipinski definition) is 3. The second-order valence-electron chi connectivity index (χ2n) is 5.20. The number of aryl methyl sites for hydroxylation is 1. The van der Waals surface area contributed by atoms with Crippen LogP contribution in [0.3, 0.4) is 0 Å². The van der Waals surface area contributed by atoms with Gasteiger partial charge in [-0.1, -0.05) is 19.9 Å². The van der Waals surface area contributed by atoms with E-state index in [-0.39, 0.29) is 11.9 Å². The maximum absolute atomic E-state index is 12.1. The van der Waals surface area contributed by atoms with E-state index >= 15 is 0 Å². The zero-order chi connectivity index (χ0) is 13.7. The molecule has 1 unspecified atom stereocenters. The molecule has 18 heavy (non-hydrogen) atoms. The summed E-state index contributed by atoms with van der Waals surface area (Å²) in [4.78, 5) is 12.1. The molecule has 0 heterocycles. The van der Waals surface area contributed by atoms with Gasteiger partial charge in [0.25, 0.3) is 5.91 Å². The molecular formula is C14H23N3O. The molecular weight excluding hydrogens is 226 g/mol.